The molecule has 0 spiro atoms. The average molecular weight is 448 g/mol. The SMILES string of the molecule is C=CCc1cc(C(=O)NCCCN2CCN(C(=O)OC(C)(C)C)CC2)cc(OC)c1OC. The second-order valence-electron chi connectivity index (χ2n) is 8.78. The number of allylic oxidation sites excluding steroid dienone is 1. The van der Waals surface area contributed by atoms with Gasteiger partial charge in [-0.25, -0.2) is 4.79 Å². The number of benzene rings is 1. The van der Waals surface area contributed by atoms with Crippen LogP contribution >= 0.6 is 0 Å². The van der Waals surface area contributed by atoms with Crippen LogP contribution in [0.3, 0.4) is 0 Å². The first-order valence-corrected chi connectivity index (χ1v) is 11.0. The van der Waals surface area contributed by atoms with Crippen LogP contribution in [0.25, 0.3) is 0 Å². The molecule has 0 aromatic heterocycles. The molecule has 1 heterocycles. The molecule has 0 unspecified atom stereocenters. The Hall–Kier alpha value is -2.74. The van der Waals surface area contributed by atoms with Crippen LogP contribution < -0.4 is 14.8 Å². The smallest absolute Gasteiger partial charge is 0.410 e. The Morgan fingerprint density at radius 3 is 2.38 bits per heavy atom. The predicted octanol–water partition coefficient (Wildman–Crippen LogP) is 3.10. The van der Waals surface area contributed by atoms with Crippen molar-refractivity contribution in [3.05, 3.63) is 35.9 Å². The molecule has 1 saturated heterocycles. The monoisotopic (exact) mass is 447 g/mol. The van der Waals surface area contributed by atoms with Crippen molar-refractivity contribution in [1.29, 1.82) is 0 Å². The maximum Gasteiger partial charge on any atom is 0.410 e. The van der Waals surface area contributed by atoms with Gasteiger partial charge in [0.15, 0.2) is 11.5 Å². The summed E-state index contributed by atoms with van der Waals surface area (Å²) >= 11 is 0. The van der Waals surface area contributed by atoms with Crippen molar-refractivity contribution in [1.82, 2.24) is 15.1 Å². The van der Waals surface area contributed by atoms with Crippen molar-refractivity contribution < 1.29 is 23.8 Å². The van der Waals surface area contributed by atoms with E-state index in [0.717, 1.165) is 31.6 Å². The lowest BCUT2D eigenvalue weighted by Crippen LogP contribution is -2.50. The molecule has 1 aromatic rings. The Labute approximate surface area is 191 Å². The summed E-state index contributed by atoms with van der Waals surface area (Å²) in [5.74, 6) is 1.00. The number of nitrogens with one attached hydrogen (secondary N) is 1. The Morgan fingerprint density at radius 1 is 1.12 bits per heavy atom. The summed E-state index contributed by atoms with van der Waals surface area (Å²) in [7, 11) is 3.14. The van der Waals surface area contributed by atoms with Crippen LogP contribution in [0, 0.1) is 0 Å². The molecule has 8 heteroatoms. The van der Waals surface area contributed by atoms with Crippen LogP contribution in [0.5, 0.6) is 11.5 Å². The van der Waals surface area contributed by atoms with Crippen molar-refractivity contribution in [2.45, 2.75) is 39.2 Å². The fourth-order valence-electron chi connectivity index (χ4n) is 3.57. The first-order chi connectivity index (χ1) is 15.2. The van der Waals surface area contributed by atoms with Gasteiger partial charge in [-0.1, -0.05) is 6.08 Å². The maximum absolute atomic E-state index is 12.6. The van der Waals surface area contributed by atoms with E-state index in [1.54, 1.807) is 31.3 Å². The topological polar surface area (TPSA) is 80.3 Å². The van der Waals surface area contributed by atoms with Crippen LogP contribution in [0.1, 0.15) is 43.1 Å². The number of hydrogen-bond donors (Lipinski definition) is 1. The van der Waals surface area contributed by atoms with Crippen LogP contribution in [0.15, 0.2) is 24.8 Å². The van der Waals surface area contributed by atoms with E-state index in [2.05, 4.69) is 16.8 Å². The Kier molecular flexibility index (Phi) is 9.38. The standard InChI is InChI=1S/C24H37N3O5/c1-7-9-18-16-19(17-20(30-5)21(18)31-6)22(28)25-10-8-11-26-12-14-27(15-13-26)23(29)32-24(2,3)4/h7,16-17H,1,8-15H2,2-6H3,(H,25,28). The first-order valence-electron chi connectivity index (χ1n) is 11.0. The molecule has 178 valence electrons. The number of hydrogen-bond acceptors (Lipinski definition) is 6. The number of amides is 2. The molecule has 1 N–H and O–H groups in total. The summed E-state index contributed by atoms with van der Waals surface area (Å²) in [6, 6.07) is 3.50. The molecule has 0 saturated carbocycles. The Bertz CT molecular complexity index is 796. The largest absolute Gasteiger partial charge is 0.493 e. The first kappa shape index (κ1) is 25.5. The molecule has 32 heavy (non-hydrogen) atoms. The van der Waals surface area contributed by atoms with Crippen molar-refractivity contribution in [2.24, 2.45) is 0 Å². The predicted molar refractivity (Wildman–Crippen MR) is 125 cm³/mol. The summed E-state index contributed by atoms with van der Waals surface area (Å²) < 4.78 is 16.2. The molecule has 1 aliphatic heterocycles. The summed E-state index contributed by atoms with van der Waals surface area (Å²) in [6.45, 7) is 13.7. The van der Waals surface area contributed by atoms with Crippen molar-refractivity contribution in [3.63, 3.8) is 0 Å². The molecular weight excluding hydrogens is 410 g/mol. The minimum absolute atomic E-state index is 0.147. The summed E-state index contributed by atoms with van der Waals surface area (Å²) in [4.78, 5) is 28.9. The minimum atomic E-state index is -0.479. The lowest BCUT2D eigenvalue weighted by atomic mass is 10.0. The number of carbonyl (C=O) groups is 2. The molecule has 0 radical (unpaired) electrons. The highest BCUT2D eigenvalue weighted by atomic mass is 16.6. The van der Waals surface area contributed by atoms with E-state index in [1.807, 2.05) is 26.8 Å². The molecule has 2 amide bonds. The molecule has 0 bridgehead atoms. The van der Waals surface area contributed by atoms with Gasteiger partial charge in [-0.3, -0.25) is 9.69 Å². The number of methoxy groups -OCH3 is 2. The summed E-state index contributed by atoms with van der Waals surface area (Å²) in [5.41, 5.74) is 0.910. The number of piperazine rings is 1. The van der Waals surface area contributed by atoms with E-state index in [9.17, 15) is 9.59 Å². The van der Waals surface area contributed by atoms with Gasteiger partial charge in [0.05, 0.1) is 14.2 Å². The molecule has 2 rings (SSSR count). The summed E-state index contributed by atoms with van der Waals surface area (Å²) in [5, 5.41) is 2.98. The van der Waals surface area contributed by atoms with E-state index in [4.69, 9.17) is 14.2 Å². The number of carbonyl (C=O) groups excluding carboxylic acids is 2. The lowest BCUT2D eigenvalue weighted by Gasteiger charge is -2.35. The highest BCUT2D eigenvalue weighted by Crippen LogP contribution is 2.33. The van der Waals surface area contributed by atoms with Crippen molar-refractivity contribution in [3.8, 4) is 11.5 Å². The van der Waals surface area contributed by atoms with E-state index in [-0.39, 0.29) is 12.0 Å². The van der Waals surface area contributed by atoms with Crippen LogP contribution in [0.4, 0.5) is 4.79 Å². The maximum atomic E-state index is 12.6. The molecular formula is C24H37N3O5. The Balaban J connectivity index is 1.79. The molecule has 0 aliphatic carbocycles. The molecule has 1 aromatic carbocycles. The fourth-order valence-corrected chi connectivity index (χ4v) is 3.57. The van der Waals surface area contributed by atoms with Crippen LogP contribution in [0.2, 0.25) is 0 Å². The van der Waals surface area contributed by atoms with Gasteiger partial charge in [-0.2, -0.15) is 0 Å². The van der Waals surface area contributed by atoms with Gasteiger partial charge < -0.3 is 24.4 Å². The third kappa shape index (κ3) is 7.44. The molecule has 8 nitrogen and oxygen atoms in total. The van der Waals surface area contributed by atoms with Gasteiger partial charge in [0.1, 0.15) is 5.60 Å². The molecule has 0 atom stereocenters. The van der Waals surface area contributed by atoms with Crippen LogP contribution in [-0.2, 0) is 11.2 Å². The van der Waals surface area contributed by atoms with Gasteiger partial charge in [0.25, 0.3) is 5.91 Å². The third-order valence-corrected chi connectivity index (χ3v) is 5.14. The van der Waals surface area contributed by atoms with Crippen LogP contribution in [-0.4, -0.2) is 80.9 Å². The van der Waals surface area contributed by atoms with Crippen molar-refractivity contribution >= 4 is 12.0 Å². The second kappa shape index (κ2) is 11.8. The molecule has 1 fully saturated rings. The van der Waals surface area contributed by atoms with E-state index in [1.165, 1.54) is 0 Å². The Morgan fingerprint density at radius 2 is 1.81 bits per heavy atom. The summed E-state index contributed by atoms with van der Waals surface area (Å²) in [6.07, 6.45) is 2.91. The lowest BCUT2D eigenvalue weighted by molar-refractivity contribution is 0.0144. The van der Waals surface area contributed by atoms with E-state index in [0.29, 0.717) is 43.1 Å². The van der Waals surface area contributed by atoms with Crippen molar-refractivity contribution in [2.75, 3.05) is 53.5 Å². The van der Waals surface area contributed by atoms with E-state index >= 15 is 0 Å². The fraction of sp³-hybridized carbons (Fsp3) is 0.583. The highest BCUT2D eigenvalue weighted by Gasteiger charge is 2.25. The zero-order valence-electron chi connectivity index (χ0n) is 20.0. The second-order valence-corrected chi connectivity index (χ2v) is 8.78. The zero-order valence-corrected chi connectivity index (χ0v) is 20.0. The minimum Gasteiger partial charge on any atom is -0.493 e. The number of ether oxygens (including phenoxy) is 3. The third-order valence-electron chi connectivity index (χ3n) is 5.14. The zero-order chi connectivity index (χ0) is 23.7. The average Bonchev–Trinajstić information content (AvgIpc) is 2.75. The highest BCUT2D eigenvalue weighted by molar-refractivity contribution is 5.95. The van der Waals surface area contributed by atoms with Gasteiger partial charge >= 0.3 is 6.09 Å². The normalized spacial score (nSPS) is 14.6. The number of rotatable bonds is 9. The quantitative estimate of drug-likeness (QED) is 0.463. The van der Waals surface area contributed by atoms with Gasteiger partial charge in [0.2, 0.25) is 0 Å². The molecule has 1 aliphatic rings. The van der Waals surface area contributed by atoms with Gasteiger partial charge in [-0.15, -0.1) is 6.58 Å². The van der Waals surface area contributed by atoms with Gasteiger partial charge in [0, 0.05) is 43.9 Å². The number of nitrogens with zero attached hydrogens (tertiary/aromatic N) is 2. The van der Waals surface area contributed by atoms with Gasteiger partial charge in [-0.05, 0) is 52.3 Å². The van der Waals surface area contributed by atoms with E-state index < -0.39 is 5.60 Å².